The SMILES string of the molecule is CC(C)c1ccc(-n2nnnc2SCC(=O)N2c3ccccc3C[C@@H]2C)cc1. The Balaban J connectivity index is 1.48. The third-order valence-corrected chi connectivity index (χ3v) is 5.95. The van der Waals surface area contributed by atoms with Crippen LogP contribution in [0.3, 0.4) is 0 Å². The number of nitrogens with zero attached hydrogens (tertiary/aromatic N) is 5. The third-order valence-electron chi connectivity index (χ3n) is 5.05. The Labute approximate surface area is 168 Å². The Kier molecular flexibility index (Phi) is 5.17. The molecule has 0 saturated carbocycles. The smallest absolute Gasteiger partial charge is 0.237 e. The Morgan fingerprint density at radius 3 is 2.68 bits per heavy atom. The minimum Gasteiger partial charge on any atom is -0.308 e. The molecule has 0 unspecified atom stereocenters. The third kappa shape index (κ3) is 3.54. The van der Waals surface area contributed by atoms with Crippen LogP contribution in [0.1, 0.15) is 37.8 Å². The van der Waals surface area contributed by atoms with Crippen LogP contribution in [0, 0.1) is 0 Å². The molecule has 0 bridgehead atoms. The molecule has 6 nitrogen and oxygen atoms in total. The van der Waals surface area contributed by atoms with E-state index in [0.29, 0.717) is 16.8 Å². The number of benzene rings is 2. The standard InChI is InChI=1S/C21H23N5OS/c1-14(2)16-8-10-18(11-9-16)26-21(22-23-24-26)28-13-20(27)25-15(3)12-17-6-4-5-7-19(17)25/h4-11,14-15H,12-13H2,1-3H3/t15-/m0/s1. The van der Waals surface area contributed by atoms with Gasteiger partial charge in [0, 0.05) is 11.7 Å². The van der Waals surface area contributed by atoms with Crippen LogP contribution in [0.25, 0.3) is 5.69 Å². The highest BCUT2D eigenvalue weighted by molar-refractivity contribution is 7.99. The maximum Gasteiger partial charge on any atom is 0.237 e. The summed E-state index contributed by atoms with van der Waals surface area (Å²) in [4.78, 5) is 14.8. The lowest BCUT2D eigenvalue weighted by Gasteiger charge is -2.22. The topological polar surface area (TPSA) is 63.9 Å². The van der Waals surface area contributed by atoms with Gasteiger partial charge >= 0.3 is 0 Å². The van der Waals surface area contributed by atoms with Crippen molar-refractivity contribution in [1.82, 2.24) is 20.2 Å². The molecule has 2 heterocycles. The molecule has 0 N–H and O–H groups in total. The fourth-order valence-corrected chi connectivity index (χ4v) is 4.32. The number of rotatable bonds is 5. The summed E-state index contributed by atoms with van der Waals surface area (Å²) < 4.78 is 1.68. The van der Waals surface area contributed by atoms with Crippen molar-refractivity contribution in [2.24, 2.45) is 0 Å². The van der Waals surface area contributed by atoms with E-state index < -0.39 is 0 Å². The zero-order valence-electron chi connectivity index (χ0n) is 16.2. The molecule has 3 aromatic rings. The molecule has 1 amide bonds. The number of hydrogen-bond acceptors (Lipinski definition) is 5. The highest BCUT2D eigenvalue weighted by atomic mass is 32.2. The lowest BCUT2D eigenvalue weighted by molar-refractivity contribution is -0.116. The Morgan fingerprint density at radius 1 is 1.18 bits per heavy atom. The predicted molar refractivity (Wildman–Crippen MR) is 111 cm³/mol. The van der Waals surface area contributed by atoms with Crippen LogP contribution in [0.2, 0.25) is 0 Å². The molecular formula is C21H23N5OS. The normalized spacial score (nSPS) is 15.9. The van der Waals surface area contributed by atoms with Gasteiger partial charge in [-0.2, -0.15) is 4.68 Å². The van der Waals surface area contributed by atoms with E-state index in [1.54, 1.807) is 4.68 Å². The van der Waals surface area contributed by atoms with Crippen LogP contribution in [-0.4, -0.2) is 37.9 Å². The number of hydrogen-bond donors (Lipinski definition) is 0. The van der Waals surface area contributed by atoms with Crippen molar-refractivity contribution in [3.63, 3.8) is 0 Å². The number of fused-ring (bicyclic) bond motifs is 1. The van der Waals surface area contributed by atoms with Gasteiger partial charge in [-0.05, 0) is 59.0 Å². The molecule has 1 atom stereocenters. The van der Waals surface area contributed by atoms with Gasteiger partial charge in [0.1, 0.15) is 0 Å². The summed E-state index contributed by atoms with van der Waals surface area (Å²) in [6.07, 6.45) is 0.895. The number of carbonyl (C=O) groups is 1. The number of carbonyl (C=O) groups excluding carboxylic acids is 1. The first-order valence-electron chi connectivity index (χ1n) is 9.46. The molecule has 2 aromatic carbocycles. The minimum atomic E-state index is 0.0761. The van der Waals surface area contributed by atoms with E-state index in [4.69, 9.17) is 0 Å². The molecule has 0 saturated heterocycles. The summed E-state index contributed by atoms with van der Waals surface area (Å²) in [7, 11) is 0. The van der Waals surface area contributed by atoms with E-state index >= 15 is 0 Å². The van der Waals surface area contributed by atoms with E-state index in [1.165, 1.54) is 22.9 Å². The molecule has 0 aliphatic carbocycles. The van der Waals surface area contributed by atoms with Gasteiger partial charge in [-0.25, -0.2) is 0 Å². The largest absolute Gasteiger partial charge is 0.308 e. The molecule has 4 rings (SSSR count). The Hall–Kier alpha value is -2.67. The van der Waals surface area contributed by atoms with Crippen molar-refractivity contribution in [2.45, 2.75) is 44.3 Å². The summed E-state index contributed by atoms with van der Waals surface area (Å²) in [6.45, 7) is 6.41. The van der Waals surface area contributed by atoms with Crippen LogP contribution in [0.4, 0.5) is 5.69 Å². The first-order valence-corrected chi connectivity index (χ1v) is 10.4. The number of tetrazole rings is 1. The zero-order chi connectivity index (χ0) is 19.7. The maximum absolute atomic E-state index is 12.9. The average Bonchev–Trinajstić information content (AvgIpc) is 3.29. The fourth-order valence-electron chi connectivity index (χ4n) is 3.57. The molecule has 1 aromatic heterocycles. The first-order chi connectivity index (χ1) is 13.5. The Bertz CT molecular complexity index is 982. The van der Waals surface area contributed by atoms with Gasteiger partial charge in [-0.15, -0.1) is 5.10 Å². The monoisotopic (exact) mass is 393 g/mol. The number of thioether (sulfide) groups is 1. The van der Waals surface area contributed by atoms with Crippen molar-refractivity contribution < 1.29 is 4.79 Å². The first kappa shape index (κ1) is 18.7. The predicted octanol–water partition coefficient (Wildman–Crippen LogP) is 3.86. The number of anilines is 1. The van der Waals surface area contributed by atoms with E-state index in [0.717, 1.165) is 17.8 Å². The molecule has 0 radical (unpaired) electrons. The maximum atomic E-state index is 12.9. The van der Waals surface area contributed by atoms with Crippen molar-refractivity contribution in [3.05, 3.63) is 59.7 Å². The summed E-state index contributed by atoms with van der Waals surface area (Å²) in [6, 6.07) is 16.5. The second-order valence-electron chi connectivity index (χ2n) is 7.35. The van der Waals surface area contributed by atoms with Crippen molar-refractivity contribution in [2.75, 3.05) is 10.7 Å². The molecule has 0 fully saturated rings. The van der Waals surface area contributed by atoms with Gasteiger partial charge in [0.15, 0.2) is 0 Å². The van der Waals surface area contributed by atoms with E-state index in [1.807, 2.05) is 35.2 Å². The van der Waals surface area contributed by atoms with Crippen molar-refractivity contribution >= 4 is 23.4 Å². The molecule has 7 heteroatoms. The van der Waals surface area contributed by atoms with E-state index in [-0.39, 0.29) is 11.9 Å². The van der Waals surface area contributed by atoms with Gasteiger partial charge in [-0.1, -0.05) is 55.9 Å². The summed E-state index contributed by atoms with van der Waals surface area (Å²) >= 11 is 1.37. The summed E-state index contributed by atoms with van der Waals surface area (Å²) in [5, 5.41) is 12.6. The lowest BCUT2D eigenvalue weighted by Crippen LogP contribution is -2.37. The van der Waals surface area contributed by atoms with Gasteiger partial charge in [0.05, 0.1) is 11.4 Å². The van der Waals surface area contributed by atoms with Crippen molar-refractivity contribution in [1.29, 1.82) is 0 Å². The highest BCUT2D eigenvalue weighted by Gasteiger charge is 2.30. The fraction of sp³-hybridized carbons (Fsp3) is 0.333. The van der Waals surface area contributed by atoms with Gasteiger partial charge in [0.2, 0.25) is 11.1 Å². The average molecular weight is 394 g/mol. The van der Waals surface area contributed by atoms with Gasteiger partial charge in [0.25, 0.3) is 0 Å². The van der Waals surface area contributed by atoms with E-state index in [9.17, 15) is 4.79 Å². The zero-order valence-corrected chi connectivity index (χ0v) is 17.1. The number of para-hydroxylation sites is 1. The van der Waals surface area contributed by atoms with Crippen LogP contribution >= 0.6 is 11.8 Å². The quantitative estimate of drug-likeness (QED) is 0.616. The summed E-state index contributed by atoms with van der Waals surface area (Å²) in [5.74, 6) is 0.843. The molecule has 1 aliphatic heterocycles. The highest BCUT2D eigenvalue weighted by Crippen LogP contribution is 2.32. The molecular weight excluding hydrogens is 370 g/mol. The molecule has 0 spiro atoms. The van der Waals surface area contributed by atoms with Gasteiger partial charge in [-0.3, -0.25) is 4.79 Å². The number of amides is 1. The van der Waals surface area contributed by atoms with Crippen LogP contribution in [0.5, 0.6) is 0 Å². The minimum absolute atomic E-state index is 0.0761. The van der Waals surface area contributed by atoms with E-state index in [2.05, 4.69) is 54.5 Å². The van der Waals surface area contributed by atoms with Crippen LogP contribution in [0.15, 0.2) is 53.7 Å². The molecule has 28 heavy (non-hydrogen) atoms. The van der Waals surface area contributed by atoms with Crippen LogP contribution in [-0.2, 0) is 11.2 Å². The van der Waals surface area contributed by atoms with Crippen LogP contribution < -0.4 is 4.90 Å². The van der Waals surface area contributed by atoms with Gasteiger partial charge < -0.3 is 4.90 Å². The second-order valence-corrected chi connectivity index (χ2v) is 8.30. The lowest BCUT2D eigenvalue weighted by atomic mass is 10.0. The molecule has 144 valence electrons. The number of aromatic nitrogens is 4. The molecule has 1 aliphatic rings. The second kappa shape index (κ2) is 7.75. The Morgan fingerprint density at radius 2 is 1.93 bits per heavy atom. The van der Waals surface area contributed by atoms with Crippen molar-refractivity contribution in [3.8, 4) is 5.69 Å². The summed E-state index contributed by atoms with van der Waals surface area (Å²) in [5.41, 5.74) is 4.40.